The fourth-order valence-corrected chi connectivity index (χ4v) is 3.79. The Morgan fingerprint density at radius 2 is 1.85 bits per heavy atom. The molecule has 0 aromatic heterocycles. The van der Waals surface area contributed by atoms with Crippen molar-refractivity contribution >= 4 is 5.91 Å². The Balaban J connectivity index is 1.56. The van der Waals surface area contributed by atoms with Crippen molar-refractivity contribution in [2.45, 2.75) is 38.1 Å². The molecule has 144 valence electrons. The van der Waals surface area contributed by atoms with E-state index < -0.39 is 0 Å². The molecule has 1 saturated heterocycles. The normalized spacial score (nSPS) is 17.9. The molecule has 1 aliphatic rings. The van der Waals surface area contributed by atoms with Crippen LogP contribution in [0.3, 0.4) is 0 Å². The number of ether oxygens (including phenoxy) is 1. The number of benzene rings is 2. The third-order valence-electron chi connectivity index (χ3n) is 5.29. The van der Waals surface area contributed by atoms with E-state index in [2.05, 4.69) is 34.5 Å². The highest BCUT2D eigenvalue weighted by Crippen LogP contribution is 2.30. The van der Waals surface area contributed by atoms with E-state index in [-0.39, 0.29) is 5.91 Å². The number of hydrogen-bond donors (Lipinski definition) is 1. The molecule has 27 heavy (non-hydrogen) atoms. The molecule has 4 nitrogen and oxygen atoms in total. The van der Waals surface area contributed by atoms with Crippen molar-refractivity contribution in [3.63, 3.8) is 0 Å². The van der Waals surface area contributed by atoms with Crippen LogP contribution in [0.2, 0.25) is 0 Å². The van der Waals surface area contributed by atoms with Gasteiger partial charge in [-0.25, -0.2) is 0 Å². The Labute approximate surface area is 162 Å². The van der Waals surface area contributed by atoms with Crippen molar-refractivity contribution in [3.05, 3.63) is 65.7 Å². The highest BCUT2D eigenvalue weighted by molar-refractivity contribution is 5.78. The van der Waals surface area contributed by atoms with Crippen LogP contribution in [0.1, 0.15) is 42.9 Å². The number of nitrogens with one attached hydrogen (secondary N) is 1. The maximum Gasteiger partial charge on any atom is 0.234 e. The average Bonchev–Trinajstić information content (AvgIpc) is 2.94. The molecule has 0 radical (unpaired) electrons. The summed E-state index contributed by atoms with van der Waals surface area (Å²) in [5.74, 6) is 0.990. The molecular formula is C23H30N2O2. The van der Waals surface area contributed by atoms with Crippen LogP contribution in [-0.4, -0.2) is 37.6 Å². The van der Waals surface area contributed by atoms with Crippen molar-refractivity contribution in [2.75, 3.05) is 26.7 Å². The van der Waals surface area contributed by atoms with Crippen LogP contribution >= 0.6 is 0 Å². The van der Waals surface area contributed by atoms with Gasteiger partial charge in [-0.1, -0.05) is 55.3 Å². The summed E-state index contributed by atoms with van der Waals surface area (Å²) < 4.78 is 5.28. The Morgan fingerprint density at radius 3 is 2.59 bits per heavy atom. The first-order valence-electron chi connectivity index (χ1n) is 9.95. The van der Waals surface area contributed by atoms with Gasteiger partial charge in [-0.15, -0.1) is 0 Å². The molecule has 1 amide bonds. The van der Waals surface area contributed by atoms with E-state index in [0.29, 0.717) is 19.1 Å². The van der Waals surface area contributed by atoms with Gasteiger partial charge >= 0.3 is 0 Å². The summed E-state index contributed by atoms with van der Waals surface area (Å²) in [6.45, 7) is 2.12. The molecule has 2 aromatic carbocycles. The predicted molar refractivity (Wildman–Crippen MR) is 109 cm³/mol. The lowest BCUT2D eigenvalue weighted by Crippen LogP contribution is -2.39. The third-order valence-corrected chi connectivity index (χ3v) is 5.29. The molecule has 4 heteroatoms. The molecule has 0 aliphatic carbocycles. The molecule has 1 aliphatic heterocycles. The Kier molecular flexibility index (Phi) is 7.28. The molecule has 0 saturated carbocycles. The fourth-order valence-electron chi connectivity index (χ4n) is 3.79. The second kappa shape index (κ2) is 10.1. The molecule has 1 atom stereocenters. The first-order chi connectivity index (χ1) is 13.3. The van der Waals surface area contributed by atoms with Crippen molar-refractivity contribution in [1.82, 2.24) is 10.2 Å². The smallest absolute Gasteiger partial charge is 0.234 e. The van der Waals surface area contributed by atoms with Crippen LogP contribution in [0.4, 0.5) is 0 Å². The molecule has 1 N–H and O–H groups in total. The highest BCUT2D eigenvalue weighted by Gasteiger charge is 2.24. The lowest BCUT2D eigenvalue weighted by Gasteiger charge is -2.29. The molecule has 2 aromatic rings. The fraction of sp³-hybridized carbons (Fsp3) is 0.435. The number of nitrogens with zero attached hydrogens (tertiary/aromatic N) is 1. The van der Waals surface area contributed by atoms with Crippen LogP contribution in [0.15, 0.2) is 54.6 Å². The molecule has 0 bridgehead atoms. The summed E-state index contributed by atoms with van der Waals surface area (Å²) in [6.07, 6.45) is 5.57. The van der Waals surface area contributed by atoms with Gasteiger partial charge in [-0.2, -0.15) is 0 Å². The van der Waals surface area contributed by atoms with Gasteiger partial charge < -0.3 is 10.1 Å². The molecule has 3 rings (SSSR count). The summed E-state index contributed by atoms with van der Waals surface area (Å²) in [4.78, 5) is 14.9. The van der Waals surface area contributed by atoms with Gasteiger partial charge in [-0.3, -0.25) is 9.69 Å². The standard InChI is InChI=1S/C23H30N2O2/c1-27-21-13-11-20(12-14-21)22-10-6-3-7-17-25(22)18-23(26)24-16-15-19-8-4-2-5-9-19/h2,4-5,8-9,11-14,22H,3,6-7,10,15-18H2,1H3,(H,24,26). The van der Waals surface area contributed by atoms with Gasteiger partial charge in [0.25, 0.3) is 0 Å². The van der Waals surface area contributed by atoms with Crippen LogP contribution in [-0.2, 0) is 11.2 Å². The Bertz CT molecular complexity index is 700. The maximum atomic E-state index is 12.5. The number of rotatable bonds is 7. The molecular weight excluding hydrogens is 336 g/mol. The van der Waals surface area contributed by atoms with E-state index in [0.717, 1.165) is 31.6 Å². The van der Waals surface area contributed by atoms with Crippen LogP contribution in [0.5, 0.6) is 5.75 Å². The summed E-state index contributed by atoms with van der Waals surface area (Å²) in [6, 6.07) is 18.9. The lowest BCUT2D eigenvalue weighted by atomic mass is 10.0. The van der Waals surface area contributed by atoms with Gasteiger partial charge in [0.1, 0.15) is 5.75 Å². The predicted octanol–water partition coefficient (Wildman–Crippen LogP) is 3.97. The van der Waals surface area contributed by atoms with E-state index in [4.69, 9.17) is 4.74 Å². The summed E-state index contributed by atoms with van der Waals surface area (Å²) in [5.41, 5.74) is 2.53. The first-order valence-corrected chi connectivity index (χ1v) is 9.95. The number of carbonyl (C=O) groups excluding carboxylic acids is 1. The van der Waals surface area contributed by atoms with Gasteiger partial charge in [0.05, 0.1) is 13.7 Å². The zero-order valence-electron chi connectivity index (χ0n) is 16.2. The minimum atomic E-state index is 0.117. The van der Waals surface area contributed by atoms with Crippen molar-refractivity contribution in [3.8, 4) is 5.75 Å². The van der Waals surface area contributed by atoms with E-state index in [1.807, 2.05) is 30.3 Å². The zero-order chi connectivity index (χ0) is 18.9. The van der Waals surface area contributed by atoms with E-state index in [1.165, 1.54) is 24.0 Å². The number of methoxy groups -OCH3 is 1. The SMILES string of the molecule is COc1ccc(C2CCCCCN2CC(=O)NCCc2ccccc2)cc1. The summed E-state index contributed by atoms with van der Waals surface area (Å²) in [7, 11) is 1.69. The molecule has 1 heterocycles. The van der Waals surface area contributed by atoms with Crippen LogP contribution in [0, 0.1) is 0 Å². The largest absolute Gasteiger partial charge is 0.497 e. The minimum absolute atomic E-state index is 0.117. The number of amides is 1. The second-order valence-electron chi connectivity index (χ2n) is 7.19. The lowest BCUT2D eigenvalue weighted by molar-refractivity contribution is -0.122. The summed E-state index contributed by atoms with van der Waals surface area (Å²) >= 11 is 0. The zero-order valence-corrected chi connectivity index (χ0v) is 16.2. The number of likely N-dealkylation sites (tertiary alicyclic amines) is 1. The van der Waals surface area contributed by atoms with Gasteiger partial charge in [0.15, 0.2) is 0 Å². The van der Waals surface area contributed by atoms with Gasteiger partial charge in [0, 0.05) is 12.6 Å². The molecule has 1 fully saturated rings. The monoisotopic (exact) mass is 366 g/mol. The van der Waals surface area contributed by atoms with Crippen molar-refractivity contribution in [2.24, 2.45) is 0 Å². The molecule has 1 unspecified atom stereocenters. The summed E-state index contributed by atoms with van der Waals surface area (Å²) in [5, 5.41) is 3.09. The second-order valence-corrected chi connectivity index (χ2v) is 7.19. The van der Waals surface area contributed by atoms with Gasteiger partial charge in [0.2, 0.25) is 5.91 Å². The minimum Gasteiger partial charge on any atom is -0.497 e. The highest BCUT2D eigenvalue weighted by atomic mass is 16.5. The van der Waals surface area contributed by atoms with Crippen LogP contribution < -0.4 is 10.1 Å². The van der Waals surface area contributed by atoms with Gasteiger partial charge in [-0.05, 0) is 49.1 Å². The number of hydrogen-bond acceptors (Lipinski definition) is 3. The first kappa shape index (κ1) is 19.4. The van der Waals surface area contributed by atoms with E-state index in [1.54, 1.807) is 7.11 Å². The average molecular weight is 367 g/mol. The Hall–Kier alpha value is -2.33. The van der Waals surface area contributed by atoms with E-state index in [9.17, 15) is 4.79 Å². The van der Waals surface area contributed by atoms with E-state index >= 15 is 0 Å². The Morgan fingerprint density at radius 1 is 1.07 bits per heavy atom. The topological polar surface area (TPSA) is 41.6 Å². The quantitative estimate of drug-likeness (QED) is 0.806. The van der Waals surface area contributed by atoms with Crippen molar-refractivity contribution < 1.29 is 9.53 Å². The van der Waals surface area contributed by atoms with Crippen molar-refractivity contribution in [1.29, 1.82) is 0 Å². The van der Waals surface area contributed by atoms with Crippen LogP contribution in [0.25, 0.3) is 0 Å². The maximum absolute atomic E-state index is 12.5. The molecule has 0 spiro atoms. The third kappa shape index (κ3) is 5.83. The number of carbonyl (C=O) groups is 1.